The molecule has 0 spiro atoms. The van der Waals surface area contributed by atoms with Crippen molar-refractivity contribution < 1.29 is 14.1 Å². The molecule has 2 rings (SSSR count). The van der Waals surface area contributed by atoms with Crippen LogP contribution in [0.4, 0.5) is 10.9 Å². The fraction of sp³-hybridized carbons (Fsp3) is 0.529. The summed E-state index contributed by atoms with van der Waals surface area (Å²) in [5, 5.41) is 9.45. The van der Waals surface area contributed by atoms with E-state index in [9.17, 15) is 9.59 Å². The summed E-state index contributed by atoms with van der Waals surface area (Å²) >= 11 is 2.78. The van der Waals surface area contributed by atoms with Gasteiger partial charge in [-0.15, -0.1) is 23.1 Å². The van der Waals surface area contributed by atoms with Gasteiger partial charge in [0.15, 0.2) is 10.9 Å². The number of rotatable bonds is 9. The van der Waals surface area contributed by atoms with E-state index in [0.29, 0.717) is 16.7 Å². The van der Waals surface area contributed by atoms with Crippen molar-refractivity contribution in [2.45, 2.75) is 52.2 Å². The molecule has 142 valence electrons. The monoisotopic (exact) mass is 396 g/mol. The molecule has 0 aliphatic heterocycles. The molecule has 2 aromatic heterocycles. The Morgan fingerprint density at radius 3 is 2.73 bits per heavy atom. The van der Waals surface area contributed by atoms with Crippen molar-refractivity contribution in [3.8, 4) is 0 Å². The Morgan fingerprint density at radius 2 is 2.12 bits per heavy atom. The van der Waals surface area contributed by atoms with Crippen LogP contribution < -0.4 is 10.6 Å². The number of carbonyl (C=O) groups is 2. The molecule has 1 atom stereocenters. The van der Waals surface area contributed by atoms with Gasteiger partial charge in [-0.2, -0.15) is 0 Å². The molecule has 2 amide bonds. The lowest BCUT2D eigenvalue weighted by atomic mass is 10.2. The molecule has 7 nitrogen and oxygen atoms in total. The van der Waals surface area contributed by atoms with Crippen molar-refractivity contribution in [1.29, 1.82) is 0 Å². The summed E-state index contributed by atoms with van der Waals surface area (Å²) in [5.74, 6) is 0.798. The molecule has 0 bridgehead atoms. The molecule has 0 radical (unpaired) electrons. The first kappa shape index (κ1) is 20.4. The molecule has 9 heteroatoms. The first-order chi connectivity index (χ1) is 12.4. The molecule has 0 unspecified atom stereocenters. The van der Waals surface area contributed by atoms with E-state index in [1.807, 2.05) is 0 Å². The number of thiazole rings is 1. The van der Waals surface area contributed by atoms with E-state index in [1.165, 1.54) is 28.0 Å². The maximum Gasteiger partial charge on any atom is 0.238 e. The molecule has 0 aromatic carbocycles. The number of hydrogen-bond donors (Lipinski definition) is 2. The van der Waals surface area contributed by atoms with Crippen LogP contribution in [0.5, 0.6) is 0 Å². The standard InChI is InChI=1S/C17H24N4O3S2/c1-5-7-12-13(6-2)26-17(18-12)20-15(22)9-25-11(4)16(23)19-14-8-10(3)24-21-14/h8,11H,5-7,9H2,1-4H3,(H,18,20,22)(H,19,21,23)/t11-/m0/s1. The second-order valence-corrected chi connectivity index (χ2v) is 8.22. The Morgan fingerprint density at radius 1 is 1.35 bits per heavy atom. The third-order valence-electron chi connectivity index (χ3n) is 3.55. The molecule has 0 fully saturated rings. The van der Waals surface area contributed by atoms with Crippen LogP contribution >= 0.6 is 23.1 Å². The summed E-state index contributed by atoms with van der Waals surface area (Å²) in [7, 11) is 0. The van der Waals surface area contributed by atoms with Crippen molar-refractivity contribution in [3.05, 3.63) is 22.4 Å². The highest BCUT2D eigenvalue weighted by Crippen LogP contribution is 2.25. The van der Waals surface area contributed by atoms with Crippen molar-refractivity contribution in [1.82, 2.24) is 10.1 Å². The molecule has 2 heterocycles. The Hall–Kier alpha value is -1.87. The highest BCUT2D eigenvalue weighted by molar-refractivity contribution is 8.01. The van der Waals surface area contributed by atoms with E-state index in [0.717, 1.165) is 25.0 Å². The van der Waals surface area contributed by atoms with Crippen LogP contribution in [0.15, 0.2) is 10.6 Å². The molecular weight excluding hydrogens is 372 g/mol. The predicted octanol–water partition coefficient (Wildman–Crippen LogP) is 3.65. The Balaban J connectivity index is 1.81. The van der Waals surface area contributed by atoms with Crippen LogP contribution in [0, 0.1) is 6.92 Å². The van der Waals surface area contributed by atoms with E-state index in [-0.39, 0.29) is 17.6 Å². The molecule has 0 aliphatic rings. The third-order valence-corrected chi connectivity index (χ3v) is 5.85. The van der Waals surface area contributed by atoms with Gasteiger partial charge in [0.1, 0.15) is 5.76 Å². The van der Waals surface area contributed by atoms with E-state index in [4.69, 9.17) is 4.52 Å². The van der Waals surface area contributed by atoms with Crippen molar-refractivity contribution in [3.63, 3.8) is 0 Å². The zero-order valence-electron chi connectivity index (χ0n) is 15.4. The molecule has 2 N–H and O–H groups in total. The maximum absolute atomic E-state index is 12.1. The van der Waals surface area contributed by atoms with Crippen molar-refractivity contribution in [2.75, 3.05) is 16.4 Å². The van der Waals surface area contributed by atoms with E-state index < -0.39 is 5.25 Å². The highest BCUT2D eigenvalue weighted by Gasteiger charge is 2.18. The number of aromatic nitrogens is 2. The highest BCUT2D eigenvalue weighted by atomic mass is 32.2. The van der Waals surface area contributed by atoms with Gasteiger partial charge in [-0.3, -0.25) is 9.59 Å². The van der Waals surface area contributed by atoms with Crippen molar-refractivity contribution >= 4 is 45.9 Å². The van der Waals surface area contributed by atoms with Crippen molar-refractivity contribution in [2.24, 2.45) is 0 Å². The lowest BCUT2D eigenvalue weighted by molar-refractivity contribution is -0.115. The number of aryl methyl sites for hydroxylation is 3. The third kappa shape index (κ3) is 5.84. The maximum atomic E-state index is 12.1. The van der Waals surface area contributed by atoms with Gasteiger partial charge in [0.25, 0.3) is 0 Å². The van der Waals surface area contributed by atoms with Crippen LogP contribution in [0.25, 0.3) is 0 Å². The topological polar surface area (TPSA) is 97.1 Å². The molecule has 0 saturated heterocycles. The second kappa shape index (κ2) is 9.72. The van der Waals surface area contributed by atoms with Gasteiger partial charge in [0, 0.05) is 10.9 Å². The molecule has 0 aliphatic carbocycles. The van der Waals surface area contributed by atoms with Crippen LogP contribution in [0.2, 0.25) is 0 Å². The van der Waals surface area contributed by atoms with Gasteiger partial charge in [-0.1, -0.05) is 25.4 Å². The minimum absolute atomic E-state index is 0.161. The number of amides is 2. The van der Waals surface area contributed by atoms with Crippen LogP contribution in [0.1, 0.15) is 43.5 Å². The molecule has 26 heavy (non-hydrogen) atoms. The Bertz CT molecular complexity index is 757. The van der Waals surface area contributed by atoms with E-state index in [2.05, 4.69) is 34.6 Å². The van der Waals surface area contributed by atoms with Gasteiger partial charge >= 0.3 is 0 Å². The normalized spacial score (nSPS) is 12.0. The summed E-state index contributed by atoms with van der Waals surface area (Å²) in [6, 6.07) is 1.64. The molecule has 0 saturated carbocycles. The van der Waals surface area contributed by atoms with Gasteiger partial charge in [0.05, 0.1) is 16.7 Å². The first-order valence-corrected chi connectivity index (χ1v) is 10.4. The Kier molecular flexibility index (Phi) is 7.65. The minimum Gasteiger partial charge on any atom is -0.360 e. The first-order valence-electron chi connectivity index (χ1n) is 8.57. The lowest BCUT2D eigenvalue weighted by Gasteiger charge is -2.09. The lowest BCUT2D eigenvalue weighted by Crippen LogP contribution is -2.25. The molecular formula is C17H24N4O3S2. The van der Waals surface area contributed by atoms with Crippen LogP contribution in [-0.4, -0.2) is 33.0 Å². The van der Waals surface area contributed by atoms with Gasteiger partial charge < -0.3 is 15.2 Å². The number of hydrogen-bond acceptors (Lipinski definition) is 7. The van der Waals surface area contributed by atoms with Gasteiger partial charge in [-0.25, -0.2) is 4.98 Å². The molecule has 2 aromatic rings. The second-order valence-electron chi connectivity index (χ2n) is 5.81. The van der Waals surface area contributed by atoms with Gasteiger partial charge in [-0.05, 0) is 26.7 Å². The number of carbonyl (C=O) groups excluding carboxylic acids is 2. The minimum atomic E-state index is -0.393. The number of anilines is 2. The van der Waals surface area contributed by atoms with E-state index >= 15 is 0 Å². The fourth-order valence-electron chi connectivity index (χ4n) is 2.23. The predicted molar refractivity (Wildman–Crippen MR) is 106 cm³/mol. The number of thioether (sulfide) groups is 1. The fourth-order valence-corrected chi connectivity index (χ4v) is 3.88. The zero-order valence-corrected chi connectivity index (χ0v) is 17.1. The zero-order chi connectivity index (χ0) is 19.1. The summed E-state index contributed by atoms with van der Waals surface area (Å²) in [4.78, 5) is 30.0. The smallest absolute Gasteiger partial charge is 0.238 e. The summed E-state index contributed by atoms with van der Waals surface area (Å²) in [5.41, 5.74) is 1.07. The van der Waals surface area contributed by atoms with Gasteiger partial charge in [0.2, 0.25) is 11.8 Å². The summed E-state index contributed by atoms with van der Waals surface area (Å²) in [6.45, 7) is 7.70. The number of nitrogens with one attached hydrogen (secondary N) is 2. The number of nitrogens with zero attached hydrogens (tertiary/aromatic N) is 2. The Labute approximate surface area is 161 Å². The average Bonchev–Trinajstić information content (AvgIpc) is 3.18. The van der Waals surface area contributed by atoms with Crippen LogP contribution in [-0.2, 0) is 22.4 Å². The summed E-state index contributed by atoms with van der Waals surface area (Å²) < 4.78 is 4.91. The van der Waals surface area contributed by atoms with Crippen LogP contribution in [0.3, 0.4) is 0 Å². The largest absolute Gasteiger partial charge is 0.360 e. The summed E-state index contributed by atoms with van der Waals surface area (Å²) in [6.07, 6.45) is 2.86. The van der Waals surface area contributed by atoms with E-state index in [1.54, 1.807) is 19.9 Å². The average molecular weight is 397 g/mol. The quantitative estimate of drug-likeness (QED) is 0.671. The SMILES string of the molecule is CCCc1nc(NC(=O)CS[C@@H](C)C(=O)Nc2cc(C)on2)sc1CC.